The fourth-order valence-electron chi connectivity index (χ4n) is 1.16. The van der Waals surface area contributed by atoms with E-state index in [0.717, 1.165) is 5.39 Å². The van der Waals surface area contributed by atoms with Crippen LogP contribution in [-0.2, 0) is 0 Å². The number of rotatable bonds is 0. The first-order chi connectivity index (χ1) is 5.77. The number of hydrogen-bond donors (Lipinski definition) is 1. The summed E-state index contributed by atoms with van der Waals surface area (Å²) < 4.78 is 13.0. The topological polar surface area (TPSA) is 38.9 Å². The summed E-state index contributed by atoms with van der Waals surface area (Å²) in [6.07, 6.45) is 2.79. The van der Waals surface area contributed by atoms with Crippen molar-refractivity contribution in [2.45, 2.75) is 0 Å². The van der Waals surface area contributed by atoms with Crippen LogP contribution in [0.2, 0.25) is 0 Å². The van der Waals surface area contributed by atoms with E-state index in [-0.39, 0.29) is 5.82 Å². The van der Waals surface area contributed by atoms with E-state index in [9.17, 15) is 4.39 Å². The Balaban J connectivity index is 2.86. The molecule has 0 amide bonds. The average molecular weight is 162 g/mol. The number of halogens is 1. The first-order valence-electron chi connectivity index (χ1n) is 3.56. The van der Waals surface area contributed by atoms with Gasteiger partial charge in [-0.05, 0) is 18.2 Å². The molecule has 1 aromatic heterocycles. The summed E-state index contributed by atoms with van der Waals surface area (Å²) in [6.45, 7) is 0. The van der Waals surface area contributed by atoms with Crippen LogP contribution < -0.4 is 5.73 Å². The van der Waals surface area contributed by atoms with Gasteiger partial charge in [-0.1, -0.05) is 0 Å². The first kappa shape index (κ1) is 7.03. The molecule has 0 aliphatic rings. The maximum Gasteiger partial charge on any atom is 0.149 e. The second-order valence-electron chi connectivity index (χ2n) is 2.60. The van der Waals surface area contributed by atoms with Gasteiger partial charge in [0.1, 0.15) is 5.82 Å². The van der Waals surface area contributed by atoms with Crippen molar-refractivity contribution in [2.75, 3.05) is 5.73 Å². The van der Waals surface area contributed by atoms with Gasteiger partial charge in [0.25, 0.3) is 0 Å². The van der Waals surface area contributed by atoms with Gasteiger partial charge in [0.15, 0.2) is 0 Å². The van der Waals surface area contributed by atoms with Gasteiger partial charge >= 0.3 is 0 Å². The number of anilines is 1. The SMILES string of the molecule is Nc1ccc2c(F)cncc2c1. The number of nitrogen functional groups attached to an aromatic ring is 1. The van der Waals surface area contributed by atoms with Crippen LogP contribution in [0.1, 0.15) is 0 Å². The molecule has 60 valence electrons. The molecule has 0 unspecified atom stereocenters. The van der Waals surface area contributed by atoms with Crippen molar-refractivity contribution in [1.29, 1.82) is 0 Å². The summed E-state index contributed by atoms with van der Waals surface area (Å²) >= 11 is 0. The zero-order valence-electron chi connectivity index (χ0n) is 6.29. The molecule has 0 atom stereocenters. The van der Waals surface area contributed by atoms with E-state index in [1.807, 2.05) is 0 Å². The van der Waals surface area contributed by atoms with Crippen LogP contribution in [0.15, 0.2) is 30.6 Å². The lowest BCUT2D eigenvalue weighted by molar-refractivity contribution is 0.634. The van der Waals surface area contributed by atoms with E-state index >= 15 is 0 Å². The Morgan fingerprint density at radius 3 is 2.92 bits per heavy atom. The van der Waals surface area contributed by atoms with Gasteiger partial charge in [-0.2, -0.15) is 0 Å². The predicted octanol–water partition coefficient (Wildman–Crippen LogP) is 1.96. The van der Waals surface area contributed by atoms with Gasteiger partial charge in [0.2, 0.25) is 0 Å². The highest BCUT2D eigenvalue weighted by molar-refractivity contribution is 5.84. The van der Waals surface area contributed by atoms with Crippen molar-refractivity contribution in [2.24, 2.45) is 0 Å². The molecule has 0 aliphatic heterocycles. The molecule has 0 fully saturated rings. The summed E-state index contributed by atoms with van der Waals surface area (Å²) in [6, 6.07) is 5.03. The summed E-state index contributed by atoms with van der Waals surface area (Å²) in [5, 5.41) is 1.29. The summed E-state index contributed by atoms with van der Waals surface area (Å²) in [7, 11) is 0. The highest BCUT2D eigenvalue weighted by atomic mass is 19.1. The fourth-order valence-corrected chi connectivity index (χ4v) is 1.16. The van der Waals surface area contributed by atoms with Crippen LogP contribution >= 0.6 is 0 Å². The average Bonchev–Trinajstić information content (AvgIpc) is 2.04. The number of benzene rings is 1. The zero-order chi connectivity index (χ0) is 8.55. The molecule has 0 saturated heterocycles. The molecule has 0 saturated carbocycles. The minimum atomic E-state index is -0.312. The molecule has 2 N–H and O–H groups in total. The van der Waals surface area contributed by atoms with Crippen molar-refractivity contribution in [3.63, 3.8) is 0 Å². The third-order valence-electron chi connectivity index (χ3n) is 1.73. The van der Waals surface area contributed by atoms with Gasteiger partial charge in [-0.3, -0.25) is 4.98 Å². The normalized spacial score (nSPS) is 10.4. The van der Waals surface area contributed by atoms with Crippen LogP contribution in [0.4, 0.5) is 10.1 Å². The van der Waals surface area contributed by atoms with E-state index < -0.39 is 0 Å². The molecule has 0 bridgehead atoms. The molecule has 0 spiro atoms. The van der Waals surface area contributed by atoms with Crippen molar-refractivity contribution in [1.82, 2.24) is 4.98 Å². The van der Waals surface area contributed by atoms with Gasteiger partial charge in [0, 0.05) is 22.7 Å². The smallest absolute Gasteiger partial charge is 0.149 e. The minimum absolute atomic E-state index is 0.312. The maximum absolute atomic E-state index is 13.0. The van der Waals surface area contributed by atoms with Crippen LogP contribution in [0.3, 0.4) is 0 Å². The third-order valence-corrected chi connectivity index (χ3v) is 1.73. The van der Waals surface area contributed by atoms with Crippen LogP contribution in [0, 0.1) is 5.82 Å². The fraction of sp³-hybridized carbons (Fsp3) is 0. The second kappa shape index (κ2) is 2.44. The molecule has 2 aromatic rings. The number of nitrogens with zero attached hydrogens (tertiary/aromatic N) is 1. The predicted molar refractivity (Wildman–Crippen MR) is 46.1 cm³/mol. The van der Waals surface area contributed by atoms with Crippen LogP contribution in [-0.4, -0.2) is 4.98 Å². The number of nitrogens with two attached hydrogens (primary N) is 1. The molecule has 0 aliphatic carbocycles. The zero-order valence-corrected chi connectivity index (χ0v) is 6.29. The van der Waals surface area contributed by atoms with Gasteiger partial charge < -0.3 is 5.73 Å². The number of fused-ring (bicyclic) bond motifs is 1. The molecule has 1 aromatic carbocycles. The number of aromatic nitrogens is 1. The quantitative estimate of drug-likeness (QED) is 0.601. The lowest BCUT2D eigenvalue weighted by Gasteiger charge is -1.98. The Morgan fingerprint density at radius 1 is 1.25 bits per heavy atom. The lowest BCUT2D eigenvalue weighted by Crippen LogP contribution is -1.86. The second-order valence-corrected chi connectivity index (χ2v) is 2.60. The highest BCUT2D eigenvalue weighted by Gasteiger charge is 1.99. The van der Waals surface area contributed by atoms with Gasteiger partial charge in [-0.15, -0.1) is 0 Å². The van der Waals surface area contributed by atoms with Crippen molar-refractivity contribution in [3.8, 4) is 0 Å². The number of hydrogen-bond acceptors (Lipinski definition) is 2. The molecule has 12 heavy (non-hydrogen) atoms. The van der Waals surface area contributed by atoms with Crippen LogP contribution in [0.25, 0.3) is 10.8 Å². The van der Waals surface area contributed by atoms with Gasteiger partial charge in [0.05, 0.1) is 6.20 Å². The minimum Gasteiger partial charge on any atom is -0.399 e. The standard InChI is InChI=1S/C9H7FN2/c10-9-5-12-4-6-3-7(11)1-2-8(6)9/h1-5H,11H2. The number of pyridine rings is 1. The first-order valence-corrected chi connectivity index (χ1v) is 3.56. The van der Waals surface area contributed by atoms with E-state index in [1.54, 1.807) is 24.4 Å². The maximum atomic E-state index is 13.0. The molecule has 1 heterocycles. The Morgan fingerprint density at radius 2 is 2.08 bits per heavy atom. The van der Waals surface area contributed by atoms with E-state index in [0.29, 0.717) is 11.1 Å². The van der Waals surface area contributed by atoms with Crippen LogP contribution in [0.5, 0.6) is 0 Å². The van der Waals surface area contributed by atoms with Crippen molar-refractivity contribution >= 4 is 16.5 Å². The molecular formula is C9H7FN2. The summed E-state index contributed by atoms with van der Waals surface area (Å²) in [5.41, 5.74) is 6.14. The summed E-state index contributed by atoms with van der Waals surface area (Å²) in [4.78, 5) is 3.72. The Hall–Kier alpha value is -1.64. The summed E-state index contributed by atoms with van der Waals surface area (Å²) in [5.74, 6) is -0.312. The molecule has 2 rings (SSSR count). The van der Waals surface area contributed by atoms with E-state index in [1.165, 1.54) is 6.20 Å². The highest BCUT2D eigenvalue weighted by Crippen LogP contribution is 2.18. The molecular weight excluding hydrogens is 155 g/mol. The van der Waals surface area contributed by atoms with E-state index in [4.69, 9.17) is 5.73 Å². The molecule has 0 radical (unpaired) electrons. The molecule has 3 heteroatoms. The third kappa shape index (κ3) is 0.993. The van der Waals surface area contributed by atoms with E-state index in [2.05, 4.69) is 4.98 Å². The largest absolute Gasteiger partial charge is 0.399 e. The monoisotopic (exact) mass is 162 g/mol. The molecule has 2 nitrogen and oxygen atoms in total. The Bertz CT molecular complexity index is 426. The van der Waals surface area contributed by atoms with Gasteiger partial charge in [-0.25, -0.2) is 4.39 Å². The van der Waals surface area contributed by atoms with Crippen molar-refractivity contribution in [3.05, 3.63) is 36.4 Å². The van der Waals surface area contributed by atoms with Crippen molar-refractivity contribution < 1.29 is 4.39 Å². The Labute approximate surface area is 68.8 Å². The Kier molecular flexibility index (Phi) is 1.43. The lowest BCUT2D eigenvalue weighted by atomic mass is 10.1.